The van der Waals surface area contributed by atoms with Crippen LogP contribution in [0.5, 0.6) is 0 Å². The number of aromatic nitrogens is 4. The van der Waals surface area contributed by atoms with Crippen LogP contribution in [0, 0.1) is 6.92 Å². The molecule has 0 aliphatic carbocycles. The summed E-state index contributed by atoms with van der Waals surface area (Å²) < 4.78 is 51.5. The van der Waals surface area contributed by atoms with Crippen molar-refractivity contribution >= 4 is 17.7 Å². The fourth-order valence-electron chi connectivity index (χ4n) is 2.28. The molecule has 0 radical (unpaired) electrons. The molecule has 1 N–H and O–H groups in total. The molecule has 10 nitrogen and oxygen atoms in total. The number of aryl methyl sites for hydroxylation is 1. The topological polar surface area (TPSA) is 129 Å². The van der Waals surface area contributed by atoms with Gasteiger partial charge in [0.1, 0.15) is 18.0 Å². The molecule has 0 spiro atoms. The zero-order valence-corrected chi connectivity index (χ0v) is 16.1. The van der Waals surface area contributed by atoms with E-state index in [1.165, 1.54) is 31.6 Å². The number of nitrogens with zero attached hydrogens (tertiary/aromatic N) is 4. The summed E-state index contributed by atoms with van der Waals surface area (Å²) in [6, 6.07) is 4.36. The molecule has 1 amide bonds. The molecular weight excluding hydrogens is 423 g/mol. The van der Waals surface area contributed by atoms with Crippen molar-refractivity contribution in [3.63, 3.8) is 0 Å². The summed E-state index contributed by atoms with van der Waals surface area (Å²) in [5, 5.41) is 5.72. The van der Waals surface area contributed by atoms with Crippen molar-refractivity contribution in [2.24, 2.45) is 0 Å². The highest BCUT2D eigenvalue weighted by molar-refractivity contribution is 5.87. The van der Waals surface area contributed by atoms with Crippen molar-refractivity contribution in [3.8, 4) is 11.5 Å². The molecule has 3 aromatic heterocycles. The Morgan fingerprint density at radius 3 is 2.55 bits per heavy atom. The number of alkyl halides is 3. The lowest BCUT2D eigenvalue weighted by molar-refractivity contribution is -0.159. The smallest absolute Gasteiger partial charge is 0.464 e. The first kappa shape index (κ1) is 21.7. The van der Waals surface area contributed by atoms with Gasteiger partial charge in [-0.2, -0.15) is 18.2 Å². The molecule has 0 saturated carbocycles. The monoisotopic (exact) mass is 437 g/mol. The third-order valence-corrected chi connectivity index (χ3v) is 3.83. The van der Waals surface area contributed by atoms with Crippen LogP contribution in [-0.4, -0.2) is 39.3 Å². The molecule has 162 valence electrons. The van der Waals surface area contributed by atoms with E-state index in [9.17, 15) is 22.8 Å². The van der Waals surface area contributed by atoms with Gasteiger partial charge in [0, 0.05) is 11.8 Å². The number of anilines is 1. The van der Waals surface area contributed by atoms with Crippen LogP contribution in [0.15, 0.2) is 35.1 Å². The van der Waals surface area contributed by atoms with Crippen LogP contribution in [0.1, 0.15) is 27.5 Å². The Bertz CT molecular complexity index is 1100. The molecule has 3 rings (SSSR count). The van der Waals surface area contributed by atoms with Crippen molar-refractivity contribution in [1.29, 1.82) is 0 Å². The summed E-state index contributed by atoms with van der Waals surface area (Å²) in [7, 11) is 1.23. The average Bonchev–Trinajstić information content (AvgIpc) is 3.24. The zero-order valence-electron chi connectivity index (χ0n) is 16.1. The molecule has 0 fully saturated rings. The molecule has 0 aromatic carbocycles. The van der Waals surface area contributed by atoms with Crippen LogP contribution in [-0.2, 0) is 22.3 Å². The molecule has 13 heteroatoms. The summed E-state index contributed by atoms with van der Waals surface area (Å²) in [4.78, 5) is 34.4. The number of hydrogen-bond donors (Lipinski definition) is 1. The first-order valence-corrected chi connectivity index (χ1v) is 8.52. The van der Waals surface area contributed by atoms with E-state index < -0.39 is 24.1 Å². The van der Waals surface area contributed by atoms with Gasteiger partial charge in [-0.15, -0.1) is 0 Å². The number of ether oxygens (including phenoxy) is 2. The summed E-state index contributed by atoms with van der Waals surface area (Å²) in [6.45, 7) is 1.48. The van der Waals surface area contributed by atoms with Crippen LogP contribution in [0.4, 0.5) is 23.7 Å². The van der Waals surface area contributed by atoms with Crippen molar-refractivity contribution in [2.45, 2.75) is 19.7 Å². The number of pyridine rings is 2. The lowest BCUT2D eigenvalue weighted by atomic mass is 10.2. The molecule has 0 bridgehead atoms. The van der Waals surface area contributed by atoms with Gasteiger partial charge in [0.05, 0.1) is 19.0 Å². The van der Waals surface area contributed by atoms with Gasteiger partial charge < -0.3 is 14.0 Å². The second kappa shape index (κ2) is 8.77. The number of methoxy groups -OCH3 is 1. The van der Waals surface area contributed by atoms with Gasteiger partial charge in [0.2, 0.25) is 5.82 Å². The van der Waals surface area contributed by atoms with E-state index in [0.29, 0.717) is 11.1 Å². The van der Waals surface area contributed by atoms with Crippen molar-refractivity contribution in [2.75, 3.05) is 12.4 Å². The fraction of sp³-hybridized carbons (Fsp3) is 0.222. The SMILES string of the molecule is COC(=O)c1ccc(COC(=O)Nc2cnc(-c3noc(C(F)(F)F)n3)cc2C)cn1. The Kier molecular flexibility index (Phi) is 6.13. The van der Waals surface area contributed by atoms with E-state index in [1.807, 2.05) is 0 Å². The van der Waals surface area contributed by atoms with Crippen LogP contribution in [0.2, 0.25) is 0 Å². The molecule has 0 aliphatic heterocycles. The first-order chi connectivity index (χ1) is 14.7. The Balaban J connectivity index is 1.60. The Labute approximate surface area is 172 Å². The number of carbonyl (C=O) groups excluding carboxylic acids is 2. The second-order valence-electron chi connectivity index (χ2n) is 6.05. The molecule has 31 heavy (non-hydrogen) atoms. The van der Waals surface area contributed by atoms with Gasteiger partial charge in [-0.3, -0.25) is 10.3 Å². The molecule has 0 atom stereocenters. The lowest BCUT2D eigenvalue weighted by Crippen LogP contribution is -2.15. The zero-order chi connectivity index (χ0) is 22.6. The Morgan fingerprint density at radius 2 is 1.97 bits per heavy atom. The van der Waals surface area contributed by atoms with Crippen LogP contribution < -0.4 is 5.32 Å². The van der Waals surface area contributed by atoms with E-state index in [2.05, 4.69) is 34.7 Å². The summed E-state index contributed by atoms with van der Waals surface area (Å²) in [5.41, 5.74) is 1.43. The Hall–Kier alpha value is -4.03. The minimum Gasteiger partial charge on any atom is -0.464 e. The van der Waals surface area contributed by atoms with Gasteiger partial charge in [0.25, 0.3) is 0 Å². The molecule has 3 heterocycles. The minimum atomic E-state index is -4.76. The second-order valence-corrected chi connectivity index (χ2v) is 6.05. The van der Waals surface area contributed by atoms with Crippen LogP contribution in [0.3, 0.4) is 0 Å². The number of carbonyl (C=O) groups is 2. The van der Waals surface area contributed by atoms with E-state index in [0.717, 1.165) is 0 Å². The number of halogens is 3. The normalized spacial score (nSPS) is 11.1. The summed E-state index contributed by atoms with van der Waals surface area (Å²) >= 11 is 0. The Morgan fingerprint density at radius 1 is 1.19 bits per heavy atom. The predicted molar refractivity (Wildman–Crippen MR) is 96.7 cm³/mol. The van der Waals surface area contributed by atoms with Crippen molar-refractivity contribution < 1.29 is 36.8 Å². The third kappa shape index (κ3) is 5.32. The van der Waals surface area contributed by atoms with Gasteiger partial charge in [0.15, 0.2) is 0 Å². The van der Waals surface area contributed by atoms with Crippen molar-refractivity contribution in [1.82, 2.24) is 20.1 Å². The summed E-state index contributed by atoms with van der Waals surface area (Å²) in [6.07, 6.45) is -2.97. The standard InChI is InChI=1S/C18H14F3N5O5/c1-9-5-12(14-25-16(31-26-14)18(19,20)21)23-7-13(9)24-17(28)30-8-10-3-4-11(22-6-10)15(27)29-2/h3-7H,8H2,1-2H3,(H,24,28). The molecule has 0 saturated heterocycles. The largest absolute Gasteiger partial charge is 0.471 e. The van der Waals surface area contributed by atoms with Gasteiger partial charge in [-0.05, 0) is 24.6 Å². The molecule has 3 aromatic rings. The van der Waals surface area contributed by atoms with Gasteiger partial charge >= 0.3 is 24.1 Å². The quantitative estimate of drug-likeness (QED) is 0.597. The average molecular weight is 437 g/mol. The van der Waals surface area contributed by atoms with Gasteiger partial charge in [-0.1, -0.05) is 11.2 Å². The van der Waals surface area contributed by atoms with E-state index in [4.69, 9.17) is 4.74 Å². The summed E-state index contributed by atoms with van der Waals surface area (Å²) in [5.74, 6) is -2.42. The molecule has 0 aliphatic rings. The highest BCUT2D eigenvalue weighted by Crippen LogP contribution is 2.29. The van der Waals surface area contributed by atoms with E-state index in [1.54, 1.807) is 13.0 Å². The highest BCUT2D eigenvalue weighted by atomic mass is 19.4. The lowest BCUT2D eigenvalue weighted by Gasteiger charge is -2.09. The van der Waals surface area contributed by atoms with E-state index in [-0.39, 0.29) is 29.5 Å². The maximum atomic E-state index is 12.6. The van der Waals surface area contributed by atoms with Gasteiger partial charge in [-0.25, -0.2) is 14.6 Å². The highest BCUT2D eigenvalue weighted by Gasteiger charge is 2.38. The number of esters is 1. The molecular formula is C18H14F3N5O5. The van der Waals surface area contributed by atoms with Crippen molar-refractivity contribution in [3.05, 3.63) is 53.3 Å². The maximum Gasteiger partial charge on any atom is 0.471 e. The van der Waals surface area contributed by atoms with Crippen LogP contribution >= 0.6 is 0 Å². The third-order valence-electron chi connectivity index (χ3n) is 3.83. The fourth-order valence-corrected chi connectivity index (χ4v) is 2.28. The molecule has 0 unspecified atom stereocenters. The number of hydrogen-bond acceptors (Lipinski definition) is 9. The number of amides is 1. The van der Waals surface area contributed by atoms with Crippen LogP contribution in [0.25, 0.3) is 11.5 Å². The predicted octanol–water partition coefficient (Wildman–Crippen LogP) is 3.39. The first-order valence-electron chi connectivity index (χ1n) is 8.52. The number of rotatable bonds is 5. The maximum absolute atomic E-state index is 12.6. The minimum absolute atomic E-state index is 0.0347. The van der Waals surface area contributed by atoms with E-state index >= 15 is 0 Å². The number of nitrogens with one attached hydrogen (secondary N) is 1.